The van der Waals surface area contributed by atoms with Crippen LogP contribution >= 0.6 is 15.9 Å². The molecule has 0 radical (unpaired) electrons. The van der Waals surface area contributed by atoms with Crippen molar-refractivity contribution in [3.63, 3.8) is 0 Å². The second kappa shape index (κ2) is 7.39. The van der Waals surface area contributed by atoms with E-state index in [1.165, 1.54) is 16.8 Å². The van der Waals surface area contributed by atoms with Crippen LogP contribution in [0.1, 0.15) is 16.7 Å². The molecule has 0 spiro atoms. The van der Waals surface area contributed by atoms with E-state index < -0.39 is 0 Å². The summed E-state index contributed by atoms with van der Waals surface area (Å²) in [6, 6.07) is 14.6. The second-order valence-corrected chi connectivity index (χ2v) is 7.38. The zero-order chi connectivity index (χ0) is 17.1. The van der Waals surface area contributed by atoms with Crippen molar-refractivity contribution >= 4 is 27.5 Å². The highest BCUT2D eigenvalue weighted by molar-refractivity contribution is 9.10. The summed E-state index contributed by atoms with van der Waals surface area (Å²) >= 11 is 3.51. The van der Waals surface area contributed by atoms with Crippen molar-refractivity contribution in [2.45, 2.75) is 20.3 Å². The average molecular weight is 387 g/mol. The van der Waals surface area contributed by atoms with Crippen molar-refractivity contribution < 1.29 is 4.79 Å². The normalized spacial score (nSPS) is 14.8. The molecule has 0 unspecified atom stereocenters. The van der Waals surface area contributed by atoms with Gasteiger partial charge in [-0.15, -0.1) is 0 Å². The summed E-state index contributed by atoms with van der Waals surface area (Å²) in [7, 11) is 0. The second-order valence-electron chi connectivity index (χ2n) is 6.46. The fourth-order valence-corrected chi connectivity index (χ4v) is 3.64. The smallest absolute Gasteiger partial charge is 0.227 e. The molecule has 0 N–H and O–H groups in total. The minimum absolute atomic E-state index is 0.228. The van der Waals surface area contributed by atoms with Gasteiger partial charge in [0.1, 0.15) is 0 Å². The van der Waals surface area contributed by atoms with Crippen molar-refractivity contribution in [3.05, 3.63) is 63.6 Å². The minimum Gasteiger partial charge on any atom is -0.368 e. The number of carbonyl (C=O) groups excluding carboxylic acids is 1. The predicted molar refractivity (Wildman–Crippen MR) is 103 cm³/mol. The Hall–Kier alpha value is -1.81. The van der Waals surface area contributed by atoms with E-state index >= 15 is 0 Å². The number of amides is 1. The van der Waals surface area contributed by atoms with E-state index in [9.17, 15) is 4.79 Å². The van der Waals surface area contributed by atoms with E-state index in [2.05, 4.69) is 77.1 Å². The number of nitrogens with zero attached hydrogens (tertiary/aromatic N) is 2. The largest absolute Gasteiger partial charge is 0.368 e. The molecule has 0 bridgehead atoms. The van der Waals surface area contributed by atoms with Crippen LogP contribution in [0.3, 0.4) is 0 Å². The molecule has 24 heavy (non-hydrogen) atoms. The Morgan fingerprint density at radius 1 is 1.00 bits per heavy atom. The average Bonchev–Trinajstić information content (AvgIpc) is 2.57. The van der Waals surface area contributed by atoms with Gasteiger partial charge in [-0.2, -0.15) is 0 Å². The summed E-state index contributed by atoms with van der Waals surface area (Å²) < 4.78 is 1.11. The van der Waals surface area contributed by atoms with Crippen LogP contribution in [0.2, 0.25) is 0 Å². The zero-order valence-corrected chi connectivity index (χ0v) is 15.8. The van der Waals surface area contributed by atoms with Crippen molar-refractivity contribution in [1.29, 1.82) is 0 Å². The lowest BCUT2D eigenvalue weighted by molar-refractivity contribution is -0.130. The van der Waals surface area contributed by atoms with Gasteiger partial charge in [-0.1, -0.05) is 45.8 Å². The third kappa shape index (κ3) is 3.99. The van der Waals surface area contributed by atoms with Crippen molar-refractivity contribution in [3.8, 4) is 0 Å². The van der Waals surface area contributed by atoms with Gasteiger partial charge in [-0.25, -0.2) is 0 Å². The number of hydrogen-bond acceptors (Lipinski definition) is 2. The Labute approximate surface area is 152 Å². The lowest BCUT2D eigenvalue weighted by atomic mass is 10.1. The summed E-state index contributed by atoms with van der Waals surface area (Å²) in [5.74, 6) is 0.228. The Morgan fingerprint density at radius 2 is 1.67 bits per heavy atom. The van der Waals surface area contributed by atoms with Gasteiger partial charge in [-0.05, 0) is 43.2 Å². The molecule has 2 aromatic rings. The Morgan fingerprint density at radius 3 is 2.29 bits per heavy atom. The molecule has 3 nitrogen and oxygen atoms in total. The third-order valence-corrected chi connectivity index (χ3v) is 5.10. The maximum Gasteiger partial charge on any atom is 0.227 e. The molecule has 1 amide bonds. The first kappa shape index (κ1) is 17.0. The predicted octanol–water partition coefficient (Wildman–Crippen LogP) is 3.96. The number of anilines is 1. The number of carbonyl (C=O) groups is 1. The lowest BCUT2D eigenvalue weighted by Crippen LogP contribution is -2.49. The van der Waals surface area contributed by atoms with E-state index in [4.69, 9.17) is 0 Å². The van der Waals surface area contributed by atoms with Gasteiger partial charge < -0.3 is 9.80 Å². The van der Waals surface area contributed by atoms with Crippen LogP contribution in [0.25, 0.3) is 0 Å². The van der Waals surface area contributed by atoms with E-state index in [1.807, 2.05) is 4.90 Å². The quantitative estimate of drug-likeness (QED) is 0.796. The lowest BCUT2D eigenvalue weighted by Gasteiger charge is -2.37. The van der Waals surface area contributed by atoms with Gasteiger partial charge in [0.05, 0.1) is 6.42 Å². The van der Waals surface area contributed by atoms with Gasteiger partial charge in [0.2, 0.25) is 5.91 Å². The molecular weight excluding hydrogens is 364 g/mol. The van der Waals surface area contributed by atoms with E-state index in [0.717, 1.165) is 36.2 Å². The van der Waals surface area contributed by atoms with Crippen molar-refractivity contribution in [1.82, 2.24) is 4.90 Å². The molecule has 1 aliphatic heterocycles. The van der Waals surface area contributed by atoms with Crippen LogP contribution in [-0.4, -0.2) is 37.0 Å². The molecule has 0 atom stereocenters. The number of benzene rings is 2. The number of aryl methyl sites for hydroxylation is 2. The molecule has 4 heteroatoms. The SMILES string of the molecule is Cc1ccc(CC(=O)N2CCN(c3ccc(Br)cc3C)CC2)cc1. The highest BCUT2D eigenvalue weighted by Crippen LogP contribution is 2.25. The molecule has 0 saturated carbocycles. The molecule has 1 heterocycles. The van der Waals surface area contributed by atoms with Crippen LogP contribution < -0.4 is 4.90 Å². The molecule has 3 rings (SSSR count). The number of halogens is 1. The molecule has 2 aromatic carbocycles. The van der Waals surface area contributed by atoms with Crippen molar-refractivity contribution in [2.24, 2.45) is 0 Å². The summed E-state index contributed by atoms with van der Waals surface area (Å²) in [6.07, 6.45) is 0.498. The monoisotopic (exact) mass is 386 g/mol. The highest BCUT2D eigenvalue weighted by atomic mass is 79.9. The fraction of sp³-hybridized carbons (Fsp3) is 0.350. The van der Waals surface area contributed by atoms with Crippen LogP contribution in [0.15, 0.2) is 46.9 Å². The topological polar surface area (TPSA) is 23.6 Å². The zero-order valence-electron chi connectivity index (χ0n) is 14.3. The molecule has 1 saturated heterocycles. The van der Waals surface area contributed by atoms with Gasteiger partial charge in [0.25, 0.3) is 0 Å². The van der Waals surface area contributed by atoms with Crippen LogP contribution in [0, 0.1) is 13.8 Å². The summed E-state index contributed by atoms with van der Waals surface area (Å²) in [5.41, 5.74) is 4.86. The molecule has 1 fully saturated rings. The third-order valence-electron chi connectivity index (χ3n) is 4.61. The maximum absolute atomic E-state index is 12.5. The summed E-state index contributed by atoms with van der Waals surface area (Å²) in [4.78, 5) is 16.9. The molecule has 0 aromatic heterocycles. The van der Waals surface area contributed by atoms with E-state index in [-0.39, 0.29) is 5.91 Å². The first-order valence-electron chi connectivity index (χ1n) is 8.37. The molecular formula is C20H23BrN2O. The Balaban J connectivity index is 1.58. The first-order valence-corrected chi connectivity index (χ1v) is 9.16. The Bertz CT molecular complexity index is 719. The van der Waals surface area contributed by atoms with E-state index in [1.54, 1.807) is 0 Å². The molecule has 0 aliphatic carbocycles. The number of rotatable bonds is 3. The standard InChI is InChI=1S/C20H23BrN2O/c1-15-3-5-17(6-4-15)14-20(24)23-11-9-22(10-12-23)19-8-7-18(21)13-16(19)2/h3-8,13H,9-12,14H2,1-2H3. The first-order chi connectivity index (χ1) is 11.5. The van der Waals surface area contributed by atoms with Crippen LogP contribution in [0.4, 0.5) is 5.69 Å². The number of piperazine rings is 1. The fourth-order valence-electron chi connectivity index (χ4n) is 3.16. The van der Waals surface area contributed by atoms with Gasteiger partial charge in [0.15, 0.2) is 0 Å². The number of hydrogen-bond donors (Lipinski definition) is 0. The van der Waals surface area contributed by atoms with Crippen LogP contribution in [-0.2, 0) is 11.2 Å². The molecule has 126 valence electrons. The highest BCUT2D eigenvalue weighted by Gasteiger charge is 2.22. The minimum atomic E-state index is 0.228. The maximum atomic E-state index is 12.5. The van der Waals surface area contributed by atoms with Crippen molar-refractivity contribution in [2.75, 3.05) is 31.1 Å². The van der Waals surface area contributed by atoms with Gasteiger partial charge >= 0.3 is 0 Å². The van der Waals surface area contributed by atoms with Gasteiger partial charge in [0, 0.05) is 36.3 Å². The van der Waals surface area contributed by atoms with E-state index in [0.29, 0.717) is 6.42 Å². The Kier molecular flexibility index (Phi) is 5.24. The summed E-state index contributed by atoms with van der Waals surface area (Å²) in [6.45, 7) is 7.56. The van der Waals surface area contributed by atoms with Gasteiger partial charge in [-0.3, -0.25) is 4.79 Å². The molecule has 1 aliphatic rings. The summed E-state index contributed by atoms with van der Waals surface area (Å²) in [5, 5.41) is 0. The van der Waals surface area contributed by atoms with Crippen LogP contribution in [0.5, 0.6) is 0 Å².